The van der Waals surface area contributed by atoms with Crippen LogP contribution in [0.4, 0.5) is 5.69 Å². The van der Waals surface area contributed by atoms with Crippen molar-refractivity contribution in [2.45, 2.75) is 26.2 Å². The number of fused-ring (bicyclic) bond motifs is 1. The van der Waals surface area contributed by atoms with Gasteiger partial charge < -0.3 is 34.9 Å². The number of ether oxygens (including phenoxy) is 4. The summed E-state index contributed by atoms with van der Waals surface area (Å²) in [6.07, 6.45) is 2.54. The van der Waals surface area contributed by atoms with Crippen molar-refractivity contribution in [2.75, 3.05) is 65.1 Å². The minimum Gasteiger partial charge on any atom is -0.490 e. The zero-order valence-corrected chi connectivity index (χ0v) is 18.0. The van der Waals surface area contributed by atoms with E-state index in [1.165, 1.54) is 0 Å². The maximum absolute atomic E-state index is 11.9. The summed E-state index contributed by atoms with van der Waals surface area (Å²) in [4.78, 5) is 16.3. The first-order valence-electron chi connectivity index (χ1n) is 10.5. The molecular weight excluding hydrogens is 388 g/mol. The quantitative estimate of drug-likeness (QED) is 0.268. The zero-order chi connectivity index (χ0) is 21.4. The Balaban J connectivity index is 1.92. The molecule has 1 aliphatic heterocycles. The first-order valence-corrected chi connectivity index (χ1v) is 10.5. The molecule has 0 bridgehead atoms. The van der Waals surface area contributed by atoms with Crippen molar-refractivity contribution in [1.82, 2.24) is 10.6 Å². The van der Waals surface area contributed by atoms with Gasteiger partial charge in [0, 0.05) is 45.0 Å². The molecule has 1 aromatic carbocycles. The number of aliphatic imine (C=N–C) groups is 1. The summed E-state index contributed by atoms with van der Waals surface area (Å²) in [6, 6.07) is 5.65. The molecule has 0 aliphatic carbocycles. The molecule has 0 atom stereocenters. The first-order chi connectivity index (χ1) is 14.7. The van der Waals surface area contributed by atoms with Gasteiger partial charge in [-0.1, -0.05) is 6.92 Å². The highest BCUT2D eigenvalue weighted by Gasteiger charge is 2.11. The van der Waals surface area contributed by atoms with Crippen molar-refractivity contribution in [3.05, 3.63) is 18.2 Å². The van der Waals surface area contributed by atoms with Gasteiger partial charge in [-0.2, -0.15) is 0 Å². The molecule has 0 saturated carbocycles. The van der Waals surface area contributed by atoms with Gasteiger partial charge in [0.05, 0.1) is 26.4 Å². The Hall–Kier alpha value is -2.52. The number of hydrogen-bond donors (Lipinski definition) is 3. The number of guanidine groups is 1. The number of nitrogens with one attached hydrogen (secondary N) is 3. The van der Waals surface area contributed by atoms with Crippen LogP contribution < -0.4 is 25.4 Å². The van der Waals surface area contributed by atoms with E-state index in [9.17, 15) is 4.79 Å². The second-order valence-corrected chi connectivity index (χ2v) is 6.74. The van der Waals surface area contributed by atoms with Crippen LogP contribution in [0, 0.1) is 0 Å². The number of hydrogen-bond acceptors (Lipinski definition) is 6. The number of rotatable bonds is 12. The van der Waals surface area contributed by atoms with Gasteiger partial charge in [-0.15, -0.1) is 0 Å². The number of methoxy groups -OCH3 is 1. The lowest BCUT2D eigenvalue weighted by atomic mass is 10.2. The molecule has 30 heavy (non-hydrogen) atoms. The van der Waals surface area contributed by atoms with Gasteiger partial charge in [-0.25, -0.2) is 4.99 Å². The van der Waals surface area contributed by atoms with Crippen LogP contribution in [-0.2, 0) is 14.3 Å². The summed E-state index contributed by atoms with van der Waals surface area (Å²) < 4.78 is 21.8. The van der Waals surface area contributed by atoms with Crippen molar-refractivity contribution in [1.29, 1.82) is 0 Å². The van der Waals surface area contributed by atoms with Crippen LogP contribution >= 0.6 is 0 Å². The summed E-state index contributed by atoms with van der Waals surface area (Å²) in [5.74, 6) is 1.84. The van der Waals surface area contributed by atoms with Crippen molar-refractivity contribution < 1.29 is 23.7 Å². The Bertz CT molecular complexity index is 669. The van der Waals surface area contributed by atoms with Gasteiger partial charge in [0.2, 0.25) is 5.91 Å². The molecule has 3 N–H and O–H groups in total. The fourth-order valence-corrected chi connectivity index (χ4v) is 2.61. The van der Waals surface area contributed by atoms with Gasteiger partial charge in [-0.3, -0.25) is 4.79 Å². The van der Waals surface area contributed by atoms with Crippen LogP contribution in [0.2, 0.25) is 0 Å². The second kappa shape index (κ2) is 14.5. The number of nitrogens with zero attached hydrogens (tertiary/aromatic N) is 1. The summed E-state index contributed by atoms with van der Waals surface area (Å²) in [5.41, 5.74) is 0.802. The van der Waals surface area contributed by atoms with E-state index < -0.39 is 0 Å². The molecular formula is C21H34N4O5. The Kier molecular flexibility index (Phi) is 11.5. The average Bonchev–Trinajstić information content (AvgIpc) is 3.00. The van der Waals surface area contributed by atoms with E-state index in [4.69, 9.17) is 18.9 Å². The van der Waals surface area contributed by atoms with E-state index in [0.717, 1.165) is 30.7 Å². The summed E-state index contributed by atoms with van der Waals surface area (Å²) in [6.45, 7) is 6.39. The molecule has 1 heterocycles. The SMILES string of the molecule is CCCNC(=O)CN=C(NCCCOCCOC)Nc1ccc2c(c1)OCCCO2. The first kappa shape index (κ1) is 23.8. The van der Waals surface area contributed by atoms with Crippen LogP contribution in [0.5, 0.6) is 11.5 Å². The Morgan fingerprint density at radius 1 is 1.10 bits per heavy atom. The largest absolute Gasteiger partial charge is 0.490 e. The van der Waals surface area contributed by atoms with Crippen molar-refractivity contribution >= 4 is 17.6 Å². The fourth-order valence-electron chi connectivity index (χ4n) is 2.61. The Morgan fingerprint density at radius 2 is 1.93 bits per heavy atom. The van der Waals surface area contributed by atoms with E-state index in [2.05, 4.69) is 20.9 Å². The Morgan fingerprint density at radius 3 is 2.73 bits per heavy atom. The van der Waals surface area contributed by atoms with Gasteiger partial charge in [-0.05, 0) is 25.0 Å². The molecule has 0 unspecified atom stereocenters. The summed E-state index contributed by atoms with van der Waals surface area (Å²) in [7, 11) is 1.65. The lowest BCUT2D eigenvalue weighted by molar-refractivity contribution is -0.119. The number of amides is 1. The second-order valence-electron chi connectivity index (χ2n) is 6.74. The normalized spacial score (nSPS) is 13.5. The van der Waals surface area contributed by atoms with Crippen LogP contribution in [0.15, 0.2) is 23.2 Å². The highest BCUT2D eigenvalue weighted by molar-refractivity contribution is 5.95. The van der Waals surface area contributed by atoms with E-state index in [0.29, 0.717) is 57.8 Å². The predicted molar refractivity (Wildman–Crippen MR) is 117 cm³/mol. The third-order valence-electron chi connectivity index (χ3n) is 4.15. The molecule has 168 valence electrons. The highest BCUT2D eigenvalue weighted by Crippen LogP contribution is 2.32. The van der Waals surface area contributed by atoms with E-state index >= 15 is 0 Å². The van der Waals surface area contributed by atoms with Crippen molar-refractivity contribution in [2.24, 2.45) is 4.99 Å². The highest BCUT2D eigenvalue weighted by atomic mass is 16.5. The van der Waals surface area contributed by atoms with E-state index in [-0.39, 0.29) is 12.5 Å². The van der Waals surface area contributed by atoms with E-state index in [1.807, 2.05) is 25.1 Å². The average molecular weight is 423 g/mol. The third-order valence-corrected chi connectivity index (χ3v) is 4.15. The topological polar surface area (TPSA) is 102 Å². The minimum absolute atomic E-state index is 0.0459. The zero-order valence-electron chi connectivity index (χ0n) is 18.0. The summed E-state index contributed by atoms with van der Waals surface area (Å²) >= 11 is 0. The fraction of sp³-hybridized carbons (Fsp3) is 0.619. The van der Waals surface area contributed by atoms with Gasteiger partial charge in [0.25, 0.3) is 0 Å². The molecule has 0 saturated heterocycles. The van der Waals surface area contributed by atoms with Gasteiger partial charge in [0.15, 0.2) is 17.5 Å². The number of benzene rings is 1. The van der Waals surface area contributed by atoms with Crippen molar-refractivity contribution in [3.8, 4) is 11.5 Å². The molecule has 0 fully saturated rings. The number of carbonyl (C=O) groups is 1. The monoisotopic (exact) mass is 422 g/mol. The van der Waals surface area contributed by atoms with Crippen LogP contribution in [0.3, 0.4) is 0 Å². The molecule has 1 aromatic rings. The van der Waals surface area contributed by atoms with Crippen LogP contribution in [0.25, 0.3) is 0 Å². The molecule has 9 nitrogen and oxygen atoms in total. The third kappa shape index (κ3) is 9.32. The molecule has 1 aliphatic rings. The van der Waals surface area contributed by atoms with E-state index in [1.54, 1.807) is 7.11 Å². The lowest BCUT2D eigenvalue weighted by Crippen LogP contribution is -2.34. The maximum atomic E-state index is 11.9. The van der Waals surface area contributed by atoms with Gasteiger partial charge in [0.1, 0.15) is 6.54 Å². The molecule has 0 radical (unpaired) electrons. The predicted octanol–water partition coefficient (Wildman–Crippen LogP) is 1.78. The van der Waals surface area contributed by atoms with Crippen molar-refractivity contribution in [3.63, 3.8) is 0 Å². The van der Waals surface area contributed by atoms with Crippen LogP contribution in [-0.4, -0.2) is 71.6 Å². The molecule has 1 amide bonds. The molecule has 0 aromatic heterocycles. The van der Waals surface area contributed by atoms with Gasteiger partial charge >= 0.3 is 0 Å². The Labute approximate surface area is 178 Å². The molecule has 9 heteroatoms. The number of carbonyl (C=O) groups excluding carboxylic acids is 1. The standard InChI is InChI=1S/C21H34N4O5/c1-3-8-22-20(26)16-24-21(23-9-4-10-28-14-13-27-2)25-17-6-7-18-19(15-17)30-12-5-11-29-18/h6-7,15H,3-5,8-14,16H2,1-2H3,(H,22,26)(H2,23,24,25). The smallest absolute Gasteiger partial charge is 0.241 e. The number of anilines is 1. The molecule has 0 spiro atoms. The summed E-state index contributed by atoms with van der Waals surface area (Å²) in [5, 5.41) is 9.30. The minimum atomic E-state index is -0.112. The lowest BCUT2D eigenvalue weighted by Gasteiger charge is -2.15. The maximum Gasteiger partial charge on any atom is 0.241 e. The van der Waals surface area contributed by atoms with Crippen LogP contribution in [0.1, 0.15) is 26.2 Å². The molecule has 2 rings (SSSR count).